The van der Waals surface area contributed by atoms with Crippen LogP contribution in [0.15, 0.2) is 6.20 Å². The molecule has 23 heavy (non-hydrogen) atoms. The fourth-order valence-corrected chi connectivity index (χ4v) is 2.36. The lowest BCUT2D eigenvalue weighted by Gasteiger charge is -2.25. The van der Waals surface area contributed by atoms with Gasteiger partial charge in [0.15, 0.2) is 6.23 Å². The van der Waals surface area contributed by atoms with E-state index in [1.165, 1.54) is 13.3 Å². The molecular weight excluding hydrogens is 306 g/mol. The summed E-state index contributed by atoms with van der Waals surface area (Å²) in [6, 6.07) is 0. The van der Waals surface area contributed by atoms with Crippen LogP contribution in [-0.2, 0) is 4.74 Å². The van der Waals surface area contributed by atoms with E-state index in [9.17, 15) is 15.0 Å². The topological polar surface area (TPSA) is 170 Å². The van der Waals surface area contributed by atoms with E-state index in [1.807, 2.05) is 0 Å². The van der Waals surface area contributed by atoms with Gasteiger partial charge < -0.3 is 36.1 Å². The minimum absolute atomic E-state index is 0.0155. The molecule has 0 aliphatic heterocycles. The Morgan fingerprint density at radius 1 is 1.43 bits per heavy atom. The number of carbonyl (C=O) groups is 1. The second kappa shape index (κ2) is 6.46. The minimum atomic E-state index is -1.54. The molecule has 2 aromatic heterocycles. The van der Waals surface area contributed by atoms with Gasteiger partial charge in [-0.1, -0.05) is 0 Å². The number of aryl methyl sites for hydroxylation is 1. The highest BCUT2D eigenvalue weighted by molar-refractivity contribution is 6.08. The molecule has 0 fully saturated rings. The number of nitrogens with zero attached hydrogens (tertiary/aromatic N) is 3. The molecular formula is C13H19N5O5. The summed E-state index contributed by atoms with van der Waals surface area (Å²) >= 11 is 0. The van der Waals surface area contributed by atoms with E-state index >= 15 is 0 Å². The summed E-state index contributed by atoms with van der Waals surface area (Å²) in [7, 11) is 1.28. The zero-order valence-corrected chi connectivity index (χ0v) is 12.7. The van der Waals surface area contributed by atoms with Crippen LogP contribution in [0.5, 0.6) is 0 Å². The van der Waals surface area contributed by atoms with Gasteiger partial charge in [0.25, 0.3) is 5.91 Å². The number of methoxy groups -OCH3 is 1. The van der Waals surface area contributed by atoms with Gasteiger partial charge in [0, 0.05) is 13.3 Å². The highest BCUT2D eigenvalue weighted by atomic mass is 16.5. The average Bonchev–Trinajstić information content (AvgIpc) is 2.87. The molecule has 3 unspecified atom stereocenters. The first-order valence-electron chi connectivity index (χ1n) is 6.76. The van der Waals surface area contributed by atoms with Crippen molar-refractivity contribution < 1.29 is 24.9 Å². The highest BCUT2D eigenvalue weighted by Gasteiger charge is 2.30. The Bertz CT molecular complexity index is 727. The molecule has 3 atom stereocenters. The Morgan fingerprint density at radius 2 is 2.09 bits per heavy atom. The van der Waals surface area contributed by atoms with Crippen LogP contribution < -0.4 is 11.5 Å². The number of rotatable bonds is 6. The average molecular weight is 325 g/mol. The summed E-state index contributed by atoms with van der Waals surface area (Å²) in [4.78, 5) is 19.7. The van der Waals surface area contributed by atoms with Crippen LogP contribution in [0.4, 0.5) is 5.82 Å². The third-order valence-corrected chi connectivity index (χ3v) is 3.53. The molecule has 0 aliphatic rings. The molecule has 0 saturated carbocycles. The molecule has 10 nitrogen and oxygen atoms in total. The van der Waals surface area contributed by atoms with Crippen molar-refractivity contribution in [3.05, 3.63) is 17.6 Å². The van der Waals surface area contributed by atoms with E-state index in [0.29, 0.717) is 5.82 Å². The molecule has 126 valence electrons. The number of hydrogen-bond acceptors (Lipinski definition) is 8. The smallest absolute Gasteiger partial charge is 0.251 e. The number of ether oxygens (including phenoxy) is 1. The van der Waals surface area contributed by atoms with E-state index < -0.39 is 30.9 Å². The second-order valence-electron chi connectivity index (χ2n) is 5.03. The van der Waals surface area contributed by atoms with E-state index in [2.05, 4.69) is 9.97 Å². The summed E-state index contributed by atoms with van der Waals surface area (Å²) in [6.07, 6.45) is -2.82. The van der Waals surface area contributed by atoms with Crippen molar-refractivity contribution in [3.63, 3.8) is 0 Å². The van der Waals surface area contributed by atoms with Gasteiger partial charge in [-0.3, -0.25) is 4.79 Å². The van der Waals surface area contributed by atoms with Gasteiger partial charge in [-0.15, -0.1) is 0 Å². The van der Waals surface area contributed by atoms with E-state index in [0.717, 1.165) is 4.57 Å². The number of nitrogens with two attached hydrogens (primary N) is 2. The molecule has 1 amide bonds. The largest absolute Gasteiger partial charge is 0.394 e. The molecule has 2 aromatic rings. The highest BCUT2D eigenvalue weighted by Crippen LogP contribution is 2.28. The number of nitrogen functional groups attached to an aromatic ring is 1. The number of aromatic nitrogens is 3. The molecule has 0 saturated heterocycles. The molecule has 0 spiro atoms. The lowest BCUT2D eigenvalue weighted by Crippen LogP contribution is -2.38. The fourth-order valence-electron chi connectivity index (χ4n) is 2.36. The van der Waals surface area contributed by atoms with Gasteiger partial charge in [-0.25, -0.2) is 9.97 Å². The van der Waals surface area contributed by atoms with Crippen LogP contribution in [0, 0.1) is 6.92 Å². The maximum absolute atomic E-state index is 11.6. The Labute approximate surface area is 131 Å². The summed E-state index contributed by atoms with van der Waals surface area (Å²) in [5.74, 6) is -0.426. The van der Waals surface area contributed by atoms with Crippen molar-refractivity contribution in [3.8, 4) is 0 Å². The van der Waals surface area contributed by atoms with Crippen LogP contribution >= 0.6 is 0 Å². The van der Waals surface area contributed by atoms with Crippen LogP contribution in [0.25, 0.3) is 11.0 Å². The maximum atomic E-state index is 11.6. The molecule has 10 heteroatoms. The SMILES string of the molecule is COC(CO)C(O)C(O)n1cc(C(N)=O)c2c(N)nc(C)nc21. The predicted octanol–water partition coefficient (Wildman–Crippen LogP) is -1.72. The van der Waals surface area contributed by atoms with Crippen molar-refractivity contribution in [1.82, 2.24) is 14.5 Å². The summed E-state index contributed by atoms with van der Waals surface area (Å²) in [5.41, 5.74) is 11.3. The van der Waals surface area contributed by atoms with Crippen LogP contribution in [0.2, 0.25) is 0 Å². The Balaban J connectivity index is 2.63. The van der Waals surface area contributed by atoms with E-state index in [1.54, 1.807) is 6.92 Å². The zero-order valence-electron chi connectivity index (χ0n) is 12.7. The van der Waals surface area contributed by atoms with Crippen LogP contribution in [0.3, 0.4) is 0 Å². The lowest BCUT2D eigenvalue weighted by molar-refractivity contribution is -0.115. The number of aliphatic hydroxyl groups excluding tert-OH is 3. The number of amides is 1. The number of aliphatic hydroxyl groups is 3. The predicted molar refractivity (Wildman–Crippen MR) is 80.3 cm³/mol. The molecule has 0 radical (unpaired) electrons. The van der Waals surface area contributed by atoms with Crippen LogP contribution in [-0.4, -0.2) is 61.7 Å². The first-order chi connectivity index (χ1) is 10.8. The normalized spacial score (nSPS) is 15.5. The summed E-state index contributed by atoms with van der Waals surface area (Å²) in [6.45, 7) is 1.08. The van der Waals surface area contributed by atoms with Crippen molar-refractivity contribution in [2.24, 2.45) is 5.73 Å². The summed E-state index contributed by atoms with van der Waals surface area (Å²) < 4.78 is 6.04. The molecule has 2 rings (SSSR count). The third kappa shape index (κ3) is 2.97. The molecule has 0 aliphatic carbocycles. The molecule has 7 N–H and O–H groups in total. The fraction of sp³-hybridized carbons (Fsp3) is 0.462. The van der Waals surface area contributed by atoms with Gasteiger partial charge in [0.1, 0.15) is 29.5 Å². The van der Waals surface area contributed by atoms with Crippen molar-refractivity contribution >= 4 is 22.8 Å². The number of carbonyl (C=O) groups excluding carboxylic acids is 1. The Hall–Kier alpha value is -2.27. The van der Waals surface area contributed by atoms with Gasteiger partial charge in [0.05, 0.1) is 17.6 Å². The van der Waals surface area contributed by atoms with Crippen LogP contribution in [0.1, 0.15) is 22.4 Å². The first kappa shape index (κ1) is 17.1. The van der Waals surface area contributed by atoms with E-state index in [-0.39, 0.29) is 22.4 Å². The Morgan fingerprint density at radius 3 is 2.61 bits per heavy atom. The van der Waals surface area contributed by atoms with Gasteiger partial charge in [-0.2, -0.15) is 0 Å². The molecule has 0 bridgehead atoms. The number of anilines is 1. The minimum Gasteiger partial charge on any atom is -0.394 e. The maximum Gasteiger partial charge on any atom is 0.251 e. The van der Waals surface area contributed by atoms with E-state index in [4.69, 9.17) is 21.3 Å². The number of fused-ring (bicyclic) bond motifs is 1. The van der Waals surface area contributed by atoms with Crippen molar-refractivity contribution in [2.75, 3.05) is 19.5 Å². The number of hydrogen-bond donors (Lipinski definition) is 5. The second-order valence-corrected chi connectivity index (χ2v) is 5.03. The Kier molecular flexibility index (Phi) is 4.80. The standard InChI is InChI=1S/C13H19N5O5/c1-5-16-10(14)8-6(11(15)21)3-18(12(8)17-5)13(22)9(20)7(4-19)23-2/h3,7,9,13,19-20,22H,4H2,1-2H3,(H2,15,21)(H2,14,16,17). The molecule has 2 heterocycles. The quantitative estimate of drug-likeness (QED) is 0.417. The zero-order chi connectivity index (χ0) is 17.3. The monoisotopic (exact) mass is 325 g/mol. The molecule has 0 aromatic carbocycles. The first-order valence-corrected chi connectivity index (χ1v) is 6.76. The van der Waals surface area contributed by atoms with Gasteiger partial charge in [0.2, 0.25) is 0 Å². The van der Waals surface area contributed by atoms with Gasteiger partial charge in [-0.05, 0) is 6.92 Å². The summed E-state index contributed by atoms with van der Waals surface area (Å²) in [5, 5.41) is 29.8. The number of primary amides is 1. The van der Waals surface area contributed by atoms with Crippen molar-refractivity contribution in [1.29, 1.82) is 0 Å². The van der Waals surface area contributed by atoms with Crippen molar-refractivity contribution in [2.45, 2.75) is 25.4 Å². The third-order valence-electron chi connectivity index (χ3n) is 3.53. The van der Waals surface area contributed by atoms with Gasteiger partial charge >= 0.3 is 0 Å². The lowest BCUT2D eigenvalue weighted by atomic mass is 10.2.